The van der Waals surface area contributed by atoms with Crippen molar-refractivity contribution in [3.05, 3.63) is 75.8 Å². The van der Waals surface area contributed by atoms with Gasteiger partial charge >= 0.3 is 0 Å². The predicted molar refractivity (Wildman–Crippen MR) is 97.2 cm³/mol. The van der Waals surface area contributed by atoms with Crippen molar-refractivity contribution >= 4 is 29.1 Å². The van der Waals surface area contributed by atoms with Crippen molar-refractivity contribution in [2.45, 2.75) is 6.54 Å². The van der Waals surface area contributed by atoms with Crippen LogP contribution >= 0.6 is 23.4 Å². The van der Waals surface area contributed by atoms with Crippen LogP contribution < -0.4 is 10.1 Å². The zero-order valence-electron chi connectivity index (χ0n) is 13.0. The molecule has 0 bridgehead atoms. The number of halogens is 1. The van der Waals surface area contributed by atoms with Crippen molar-refractivity contribution in [1.29, 1.82) is 0 Å². The third-order valence-electron chi connectivity index (χ3n) is 3.22. The lowest BCUT2D eigenvalue weighted by Gasteiger charge is -2.09. The van der Waals surface area contributed by atoms with Gasteiger partial charge < -0.3 is 10.1 Å². The lowest BCUT2D eigenvalue weighted by atomic mass is 10.1. The van der Waals surface area contributed by atoms with Crippen LogP contribution in [0.3, 0.4) is 0 Å². The molecule has 0 saturated heterocycles. The maximum atomic E-state index is 12.3. The van der Waals surface area contributed by atoms with Crippen LogP contribution in [0.4, 0.5) is 0 Å². The standard InChI is InChI=1S/C18H18ClNO2S/c1-22-16-8-6-13(7-9-16)12-20-18(23-2)11-17(21)14-4-3-5-15(19)10-14/h3-11,20H,12H2,1-2H3/b18-11+. The number of benzene rings is 2. The Kier molecular flexibility index (Phi) is 6.56. The molecule has 2 aromatic rings. The number of hydrogen-bond acceptors (Lipinski definition) is 4. The molecule has 0 fully saturated rings. The number of thioether (sulfide) groups is 1. The van der Waals surface area contributed by atoms with Gasteiger partial charge in [0.1, 0.15) is 5.75 Å². The molecule has 0 amide bonds. The summed E-state index contributed by atoms with van der Waals surface area (Å²) < 4.78 is 5.14. The fourth-order valence-corrected chi connectivity index (χ4v) is 2.59. The molecule has 0 spiro atoms. The molecule has 120 valence electrons. The Hall–Kier alpha value is -1.91. The fourth-order valence-electron chi connectivity index (χ4n) is 1.96. The van der Waals surface area contributed by atoms with E-state index in [4.69, 9.17) is 16.3 Å². The highest BCUT2D eigenvalue weighted by molar-refractivity contribution is 8.02. The molecule has 0 heterocycles. The number of allylic oxidation sites excluding steroid dienone is 1. The minimum absolute atomic E-state index is 0.0703. The first-order chi connectivity index (χ1) is 11.1. The number of methoxy groups -OCH3 is 1. The summed E-state index contributed by atoms with van der Waals surface area (Å²) in [5.41, 5.74) is 1.69. The summed E-state index contributed by atoms with van der Waals surface area (Å²) in [5, 5.41) is 4.64. The van der Waals surface area contributed by atoms with Crippen LogP contribution in [0.25, 0.3) is 0 Å². The molecule has 2 aromatic carbocycles. The monoisotopic (exact) mass is 347 g/mol. The van der Waals surface area contributed by atoms with Crippen LogP contribution in [0.15, 0.2) is 59.6 Å². The van der Waals surface area contributed by atoms with E-state index >= 15 is 0 Å². The van der Waals surface area contributed by atoms with Gasteiger partial charge in [0.15, 0.2) is 5.78 Å². The van der Waals surface area contributed by atoms with Crippen molar-refractivity contribution in [2.75, 3.05) is 13.4 Å². The molecule has 0 atom stereocenters. The van der Waals surface area contributed by atoms with Gasteiger partial charge in [-0.25, -0.2) is 0 Å². The number of carbonyl (C=O) groups excluding carboxylic acids is 1. The van der Waals surface area contributed by atoms with Gasteiger partial charge in [-0.15, -0.1) is 11.8 Å². The smallest absolute Gasteiger partial charge is 0.188 e. The van der Waals surface area contributed by atoms with E-state index in [1.807, 2.05) is 30.5 Å². The van der Waals surface area contributed by atoms with E-state index in [2.05, 4.69) is 5.32 Å². The maximum Gasteiger partial charge on any atom is 0.188 e. The highest BCUT2D eigenvalue weighted by atomic mass is 35.5. The molecule has 0 aliphatic rings. The SMILES string of the molecule is COc1ccc(CN/C(=C\C(=O)c2cccc(Cl)c2)SC)cc1. The second kappa shape index (κ2) is 8.65. The third-order valence-corrected chi connectivity index (χ3v) is 4.15. The largest absolute Gasteiger partial charge is 0.497 e. The first-order valence-electron chi connectivity index (χ1n) is 7.05. The van der Waals surface area contributed by atoms with E-state index in [1.54, 1.807) is 37.5 Å². The zero-order chi connectivity index (χ0) is 16.7. The normalized spacial score (nSPS) is 11.2. The third kappa shape index (κ3) is 5.34. The fraction of sp³-hybridized carbons (Fsp3) is 0.167. The number of hydrogen-bond donors (Lipinski definition) is 1. The number of ketones is 1. The second-order valence-corrected chi connectivity index (χ2v) is 6.07. The molecule has 0 aromatic heterocycles. The van der Waals surface area contributed by atoms with E-state index in [0.717, 1.165) is 16.3 Å². The van der Waals surface area contributed by atoms with Crippen LogP contribution in [-0.2, 0) is 6.54 Å². The average Bonchev–Trinajstić information content (AvgIpc) is 2.58. The first kappa shape index (κ1) is 17.4. The van der Waals surface area contributed by atoms with Crippen molar-refractivity contribution in [1.82, 2.24) is 5.32 Å². The Morgan fingerprint density at radius 3 is 2.61 bits per heavy atom. The summed E-state index contributed by atoms with van der Waals surface area (Å²) in [4.78, 5) is 12.3. The predicted octanol–water partition coefficient (Wildman–Crippen LogP) is 4.53. The van der Waals surface area contributed by atoms with Gasteiger partial charge in [0, 0.05) is 23.2 Å². The Morgan fingerprint density at radius 2 is 2.00 bits per heavy atom. The highest BCUT2D eigenvalue weighted by Crippen LogP contribution is 2.16. The summed E-state index contributed by atoms with van der Waals surface area (Å²) in [6.45, 7) is 0.638. The molecule has 0 aliphatic heterocycles. The Balaban J connectivity index is 2.02. The molecular formula is C18H18ClNO2S. The molecule has 3 nitrogen and oxygen atoms in total. The van der Waals surface area contributed by atoms with Crippen LogP contribution in [-0.4, -0.2) is 19.1 Å². The van der Waals surface area contributed by atoms with Crippen molar-refractivity contribution in [3.63, 3.8) is 0 Å². The summed E-state index contributed by atoms with van der Waals surface area (Å²) >= 11 is 7.42. The second-order valence-electron chi connectivity index (χ2n) is 4.79. The van der Waals surface area contributed by atoms with Crippen molar-refractivity contribution < 1.29 is 9.53 Å². The molecule has 0 radical (unpaired) electrons. The molecule has 0 saturated carbocycles. The number of carbonyl (C=O) groups is 1. The van der Waals surface area contributed by atoms with Crippen LogP contribution in [0.2, 0.25) is 5.02 Å². The van der Waals surface area contributed by atoms with Gasteiger partial charge in [-0.05, 0) is 36.1 Å². The van der Waals surface area contributed by atoms with Crippen molar-refractivity contribution in [2.24, 2.45) is 0 Å². The van der Waals surface area contributed by atoms with E-state index in [9.17, 15) is 4.79 Å². The summed E-state index contributed by atoms with van der Waals surface area (Å²) in [6, 6.07) is 14.7. The van der Waals surface area contributed by atoms with Crippen LogP contribution in [0, 0.1) is 0 Å². The lowest BCUT2D eigenvalue weighted by Crippen LogP contribution is -2.12. The molecule has 1 N–H and O–H groups in total. The lowest BCUT2D eigenvalue weighted by molar-refractivity contribution is 0.104. The summed E-state index contributed by atoms with van der Waals surface area (Å²) in [7, 11) is 1.64. The summed E-state index contributed by atoms with van der Waals surface area (Å²) in [5.74, 6) is 0.754. The Morgan fingerprint density at radius 1 is 1.26 bits per heavy atom. The highest BCUT2D eigenvalue weighted by Gasteiger charge is 2.05. The number of rotatable bonds is 7. The summed E-state index contributed by atoms with van der Waals surface area (Å²) in [6.07, 6.45) is 3.53. The zero-order valence-corrected chi connectivity index (χ0v) is 14.6. The molecule has 5 heteroatoms. The Labute approximate surface area is 145 Å². The number of nitrogens with one attached hydrogen (secondary N) is 1. The van der Waals surface area contributed by atoms with E-state index in [0.29, 0.717) is 17.1 Å². The molecular weight excluding hydrogens is 330 g/mol. The Bertz CT molecular complexity index is 698. The molecule has 23 heavy (non-hydrogen) atoms. The minimum Gasteiger partial charge on any atom is -0.497 e. The van der Waals surface area contributed by atoms with Gasteiger partial charge in [0.25, 0.3) is 0 Å². The van der Waals surface area contributed by atoms with Crippen molar-refractivity contribution in [3.8, 4) is 5.75 Å². The van der Waals surface area contributed by atoms with E-state index in [1.165, 1.54) is 11.8 Å². The van der Waals surface area contributed by atoms with Crippen LogP contribution in [0.5, 0.6) is 5.75 Å². The molecule has 0 aliphatic carbocycles. The van der Waals surface area contributed by atoms with Gasteiger partial charge in [-0.3, -0.25) is 4.79 Å². The topological polar surface area (TPSA) is 38.3 Å². The quantitative estimate of drug-likeness (QED) is 0.590. The molecule has 2 rings (SSSR count). The number of ether oxygens (including phenoxy) is 1. The van der Waals surface area contributed by atoms with Crippen LogP contribution in [0.1, 0.15) is 15.9 Å². The van der Waals surface area contributed by atoms with Gasteiger partial charge in [0.2, 0.25) is 0 Å². The van der Waals surface area contributed by atoms with Gasteiger partial charge in [-0.1, -0.05) is 35.9 Å². The minimum atomic E-state index is -0.0703. The van der Waals surface area contributed by atoms with E-state index < -0.39 is 0 Å². The molecule has 0 unspecified atom stereocenters. The van der Waals surface area contributed by atoms with E-state index in [-0.39, 0.29) is 5.78 Å². The maximum absolute atomic E-state index is 12.3. The first-order valence-corrected chi connectivity index (χ1v) is 8.65. The van der Waals surface area contributed by atoms with Gasteiger partial charge in [0.05, 0.1) is 12.1 Å². The average molecular weight is 348 g/mol. The van der Waals surface area contributed by atoms with Gasteiger partial charge in [-0.2, -0.15) is 0 Å².